The number of fused-ring (bicyclic) bond motifs is 1. The van der Waals surface area contributed by atoms with Gasteiger partial charge in [-0.05, 0) is 32.2 Å². The van der Waals surface area contributed by atoms with E-state index in [2.05, 4.69) is 34.1 Å². The zero-order valence-corrected chi connectivity index (χ0v) is 14.3. The number of likely N-dealkylation sites (N-methyl/N-ethyl adjacent to an activating group) is 1. The molecule has 1 atom stereocenters. The Morgan fingerprint density at radius 2 is 2.00 bits per heavy atom. The predicted molar refractivity (Wildman–Crippen MR) is 93.7 cm³/mol. The first kappa shape index (κ1) is 16.4. The van der Waals surface area contributed by atoms with Gasteiger partial charge in [-0.2, -0.15) is 0 Å². The van der Waals surface area contributed by atoms with Crippen molar-refractivity contribution in [3.05, 3.63) is 35.2 Å². The van der Waals surface area contributed by atoms with E-state index < -0.39 is 0 Å². The third kappa shape index (κ3) is 3.57. The maximum atomic E-state index is 14.6. The molecule has 0 amide bonds. The SMILES string of the molecule is C[C@H](CNc1ccc2c(Cl)ccnc2c1F)N1CCN(C)CC1. The van der Waals surface area contributed by atoms with E-state index in [-0.39, 0.29) is 5.82 Å². The third-order valence-corrected chi connectivity index (χ3v) is 4.88. The highest BCUT2D eigenvalue weighted by Gasteiger charge is 2.19. The molecule has 0 spiro atoms. The van der Waals surface area contributed by atoms with Gasteiger partial charge < -0.3 is 10.2 Å². The lowest BCUT2D eigenvalue weighted by atomic mass is 10.1. The Bertz CT molecular complexity index is 686. The van der Waals surface area contributed by atoms with Crippen molar-refractivity contribution < 1.29 is 4.39 Å². The van der Waals surface area contributed by atoms with Gasteiger partial charge in [0, 0.05) is 50.3 Å². The number of hydrogen-bond donors (Lipinski definition) is 1. The van der Waals surface area contributed by atoms with Crippen molar-refractivity contribution in [3.63, 3.8) is 0 Å². The largest absolute Gasteiger partial charge is 0.381 e. The van der Waals surface area contributed by atoms with E-state index >= 15 is 0 Å². The van der Waals surface area contributed by atoms with Gasteiger partial charge in [-0.25, -0.2) is 4.39 Å². The van der Waals surface area contributed by atoms with Crippen LogP contribution in [0.25, 0.3) is 10.9 Å². The lowest BCUT2D eigenvalue weighted by molar-refractivity contribution is 0.123. The van der Waals surface area contributed by atoms with E-state index in [0.29, 0.717) is 34.2 Å². The van der Waals surface area contributed by atoms with Gasteiger partial charge in [-0.3, -0.25) is 9.88 Å². The number of aromatic nitrogens is 1. The van der Waals surface area contributed by atoms with Gasteiger partial charge in [-0.15, -0.1) is 0 Å². The number of hydrogen-bond acceptors (Lipinski definition) is 4. The van der Waals surface area contributed by atoms with Crippen molar-refractivity contribution in [1.29, 1.82) is 0 Å². The number of nitrogens with one attached hydrogen (secondary N) is 1. The molecule has 1 aromatic carbocycles. The van der Waals surface area contributed by atoms with Crippen LogP contribution in [0.5, 0.6) is 0 Å². The van der Waals surface area contributed by atoms with E-state index in [1.54, 1.807) is 12.1 Å². The Morgan fingerprint density at radius 1 is 1.26 bits per heavy atom. The number of benzene rings is 1. The Hall–Kier alpha value is -1.43. The van der Waals surface area contributed by atoms with Crippen molar-refractivity contribution in [3.8, 4) is 0 Å². The molecule has 2 heterocycles. The van der Waals surface area contributed by atoms with Crippen molar-refractivity contribution in [1.82, 2.24) is 14.8 Å². The molecule has 23 heavy (non-hydrogen) atoms. The molecule has 1 aromatic heterocycles. The van der Waals surface area contributed by atoms with Crippen LogP contribution in [0.1, 0.15) is 6.92 Å². The van der Waals surface area contributed by atoms with Crippen LogP contribution < -0.4 is 5.32 Å². The molecule has 4 nitrogen and oxygen atoms in total. The van der Waals surface area contributed by atoms with Crippen molar-refractivity contribution in [2.75, 3.05) is 45.1 Å². The Morgan fingerprint density at radius 3 is 2.74 bits per heavy atom. The van der Waals surface area contributed by atoms with E-state index in [0.717, 1.165) is 26.2 Å². The minimum absolute atomic E-state index is 0.315. The minimum atomic E-state index is -0.337. The Labute approximate surface area is 141 Å². The predicted octanol–water partition coefficient (Wildman–Crippen LogP) is 3.08. The van der Waals surface area contributed by atoms with Crippen LogP contribution in [0, 0.1) is 5.82 Å². The Kier molecular flexibility index (Phi) is 4.99. The first-order valence-electron chi connectivity index (χ1n) is 7.95. The van der Waals surface area contributed by atoms with Crippen molar-refractivity contribution in [2.45, 2.75) is 13.0 Å². The van der Waals surface area contributed by atoms with Crippen LogP contribution in [0.2, 0.25) is 5.02 Å². The van der Waals surface area contributed by atoms with Crippen LogP contribution in [-0.4, -0.2) is 60.6 Å². The summed E-state index contributed by atoms with van der Waals surface area (Å²) in [6.07, 6.45) is 1.53. The number of rotatable bonds is 4. The molecular weight excluding hydrogens is 315 g/mol. The average molecular weight is 337 g/mol. The third-order valence-electron chi connectivity index (χ3n) is 4.55. The molecule has 1 aliphatic rings. The van der Waals surface area contributed by atoms with Crippen LogP contribution >= 0.6 is 11.6 Å². The van der Waals surface area contributed by atoms with Crippen molar-refractivity contribution in [2.24, 2.45) is 0 Å². The van der Waals surface area contributed by atoms with Gasteiger partial charge >= 0.3 is 0 Å². The first-order chi connectivity index (χ1) is 11.1. The standard InChI is InChI=1S/C17H22ClFN4/c1-12(23-9-7-22(2)8-10-23)11-21-15-4-3-13-14(18)5-6-20-17(13)16(15)19/h3-6,12,21H,7-11H2,1-2H3/t12-/m1/s1. The maximum Gasteiger partial charge on any atom is 0.172 e. The van der Waals surface area contributed by atoms with Gasteiger partial charge in [0.25, 0.3) is 0 Å². The van der Waals surface area contributed by atoms with Crippen molar-refractivity contribution >= 4 is 28.2 Å². The molecule has 1 fully saturated rings. The molecular formula is C17H22ClFN4. The van der Waals surface area contributed by atoms with Crippen LogP contribution in [0.4, 0.5) is 10.1 Å². The fraction of sp³-hybridized carbons (Fsp3) is 0.471. The normalized spacial score (nSPS) is 18.3. The second-order valence-electron chi connectivity index (χ2n) is 6.19. The summed E-state index contributed by atoms with van der Waals surface area (Å²) in [4.78, 5) is 8.87. The summed E-state index contributed by atoms with van der Waals surface area (Å²) in [6.45, 7) is 7.14. The first-order valence-corrected chi connectivity index (χ1v) is 8.33. The lowest BCUT2D eigenvalue weighted by Gasteiger charge is -2.36. The molecule has 0 saturated carbocycles. The second kappa shape index (κ2) is 6.99. The van der Waals surface area contributed by atoms with Gasteiger partial charge in [0.15, 0.2) is 5.82 Å². The van der Waals surface area contributed by atoms with Crippen LogP contribution in [0.3, 0.4) is 0 Å². The minimum Gasteiger partial charge on any atom is -0.381 e. The number of nitrogens with zero attached hydrogens (tertiary/aromatic N) is 3. The van der Waals surface area contributed by atoms with Gasteiger partial charge in [0.1, 0.15) is 5.52 Å². The highest BCUT2D eigenvalue weighted by atomic mass is 35.5. The molecule has 6 heteroatoms. The van der Waals surface area contributed by atoms with E-state index in [1.165, 1.54) is 6.20 Å². The summed E-state index contributed by atoms with van der Waals surface area (Å²) in [6, 6.07) is 5.58. The van der Waals surface area contributed by atoms with Gasteiger partial charge in [0.2, 0.25) is 0 Å². The summed E-state index contributed by atoms with van der Waals surface area (Å²) in [5, 5.41) is 4.38. The smallest absolute Gasteiger partial charge is 0.172 e. The summed E-state index contributed by atoms with van der Waals surface area (Å²) in [7, 11) is 2.14. The molecule has 0 radical (unpaired) electrons. The molecule has 1 saturated heterocycles. The van der Waals surface area contributed by atoms with E-state index in [9.17, 15) is 4.39 Å². The summed E-state index contributed by atoms with van der Waals surface area (Å²) in [5.74, 6) is -0.337. The number of anilines is 1. The molecule has 1 N–H and O–H groups in total. The average Bonchev–Trinajstić information content (AvgIpc) is 2.55. The fourth-order valence-corrected chi connectivity index (χ4v) is 3.15. The zero-order chi connectivity index (χ0) is 16.4. The second-order valence-corrected chi connectivity index (χ2v) is 6.59. The molecule has 0 bridgehead atoms. The molecule has 124 valence electrons. The van der Waals surface area contributed by atoms with Crippen LogP contribution in [-0.2, 0) is 0 Å². The summed E-state index contributed by atoms with van der Waals surface area (Å²) in [5.41, 5.74) is 0.794. The maximum absolute atomic E-state index is 14.6. The molecule has 0 aliphatic carbocycles. The topological polar surface area (TPSA) is 31.4 Å². The highest BCUT2D eigenvalue weighted by molar-refractivity contribution is 6.35. The van der Waals surface area contributed by atoms with E-state index in [4.69, 9.17) is 11.6 Å². The Balaban J connectivity index is 1.68. The zero-order valence-electron chi connectivity index (χ0n) is 13.5. The molecule has 1 aliphatic heterocycles. The monoisotopic (exact) mass is 336 g/mol. The molecule has 0 unspecified atom stereocenters. The molecule has 2 aromatic rings. The lowest BCUT2D eigenvalue weighted by Crippen LogP contribution is -2.49. The quantitative estimate of drug-likeness (QED) is 0.929. The molecule has 3 rings (SSSR count). The number of piperazine rings is 1. The van der Waals surface area contributed by atoms with Crippen LogP contribution in [0.15, 0.2) is 24.4 Å². The van der Waals surface area contributed by atoms with Gasteiger partial charge in [0.05, 0.1) is 10.7 Å². The van der Waals surface area contributed by atoms with E-state index in [1.807, 2.05) is 6.07 Å². The summed E-state index contributed by atoms with van der Waals surface area (Å²) < 4.78 is 14.6. The summed E-state index contributed by atoms with van der Waals surface area (Å²) >= 11 is 6.08. The highest BCUT2D eigenvalue weighted by Crippen LogP contribution is 2.27. The van der Waals surface area contributed by atoms with Gasteiger partial charge in [-0.1, -0.05) is 11.6 Å². The number of halogens is 2. The fourth-order valence-electron chi connectivity index (χ4n) is 2.94. The number of pyridine rings is 1.